The number of allylic oxidation sites excluding steroid dienone is 1. The quantitative estimate of drug-likeness (QED) is 0.341. The van der Waals surface area contributed by atoms with Gasteiger partial charge in [-0.1, -0.05) is 62.2 Å². The molecule has 7 rings (SSSR count). The second kappa shape index (κ2) is 10.9. The van der Waals surface area contributed by atoms with E-state index in [-0.39, 0.29) is 23.8 Å². The number of hydrogen-bond acceptors (Lipinski definition) is 4. The van der Waals surface area contributed by atoms with E-state index in [4.69, 9.17) is 14.2 Å². The molecule has 5 nitrogen and oxygen atoms in total. The molecule has 42 heavy (non-hydrogen) atoms. The fourth-order valence-electron chi connectivity index (χ4n) is 11.2. The van der Waals surface area contributed by atoms with Crippen LogP contribution in [0.15, 0.2) is 41.5 Å². The number of nitrogens with zero attached hydrogens (tertiary/aromatic N) is 1. The van der Waals surface area contributed by atoms with Crippen molar-refractivity contribution in [2.45, 2.75) is 122 Å². The van der Waals surface area contributed by atoms with Gasteiger partial charge in [-0.25, -0.2) is 4.79 Å². The van der Waals surface area contributed by atoms with Gasteiger partial charge in [0, 0.05) is 19.6 Å². The third kappa shape index (κ3) is 4.67. The Bertz CT molecular complexity index is 1200. The zero-order chi connectivity index (χ0) is 29.2. The molecule has 0 aromatic heterocycles. The van der Waals surface area contributed by atoms with Gasteiger partial charge < -0.3 is 19.1 Å². The van der Waals surface area contributed by atoms with Gasteiger partial charge in [-0.3, -0.25) is 0 Å². The van der Waals surface area contributed by atoms with E-state index in [1.807, 2.05) is 42.3 Å². The number of methoxy groups -OCH3 is 1. The number of carbonyl (C=O) groups excluding carboxylic acids is 1. The lowest BCUT2D eigenvalue weighted by molar-refractivity contribution is -0.0863. The van der Waals surface area contributed by atoms with Crippen molar-refractivity contribution in [3.05, 3.63) is 47.0 Å². The van der Waals surface area contributed by atoms with Gasteiger partial charge in [-0.2, -0.15) is 0 Å². The molecular weight excluding hydrogens is 522 g/mol. The van der Waals surface area contributed by atoms with E-state index >= 15 is 0 Å². The van der Waals surface area contributed by atoms with Crippen molar-refractivity contribution in [1.29, 1.82) is 0 Å². The van der Waals surface area contributed by atoms with Gasteiger partial charge in [0.05, 0.1) is 23.9 Å². The molecule has 2 aliphatic heterocycles. The molecule has 11 atom stereocenters. The number of amides is 1. The molecule has 0 N–H and O–H groups in total. The zero-order valence-corrected chi connectivity index (χ0v) is 26.6. The Kier molecular flexibility index (Phi) is 7.53. The summed E-state index contributed by atoms with van der Waals surface area (Å²) in [5.41, 5.74) is 4.72. The molecule has 1 amide bonds. The number of benzene rings is 1. The first kappa shape index (κ1) is 28.9. The van der Waals surface area contributed by atoms with Crippen LogP contribution in [0.5, 0.6) is 0 Å². The maximum Gasteiger partial charge on any atom is 0.410 e. The summed E-state index contributed by atoms with van der Waals surface area (Å²) in [6.45, 7) is 10.8. The van der Waals surface area contributed by atoms with E-state index in [0.29, 0.717) is 30.0 Å². The maximum absolute atomic E-state index is 13.5. The number of ether oxygens (including phenoxy) is 3. The number of likely N-dealkylation sites (tertiary alicyclic amines) is 1. The first-order chi connectivity index (χ1) is 20.2. The first-order valence-electron chi connectivity index (χ1n) is 17.1. The summed E-state index contributed by atoms with van der Waals surface area (Å²) in [5.74, 6) is 3.90. The molecule has 6 aliphatic rings. The molecule has 2 heterocycles. The van der Waals surface area contributed by atoms with Crippen LogP contribution < -0.4 is 0 Å². The highest BCUT2D eigenvalue weighted by atomic mass is 16.6. The Morgan fingerprint density at radius 2 is 1.88 bits per heavy atom. The van der Waals surface area contributed by atoms with Gasteiger partial charge in [0.1, 0.15) is 6.61 Å². The highest BCUT2D eigenvalue weighted by molar-refractivity contribution is 5.68. The van der Waals surface area contributed by atoms with Crippen molar-refractivity contribution >= 4 is 6.09 Å². The standard InChI is InChI=1S/C37H53NO4/c1-23-17-33-34(38(21-23)35(39)41-22-26-9-7-6-8-10-26)25(3)37(42-33)16-14-29-30-12-11-27-18-28(40-5)13-15-36(27,4)32(30)19-31(29)24(2)20-37/h6-10,23,25,27-30,32-34H,11-22H2,1-5H3/t23-,25+,27+,28+,29-,30-,32-,33+,34-,36?,37-/m0/s1. The van der Waals surface area contributed by atoms with Gasteiger partial charge in [-0.15, -0.1) is 0 Å². The minimum Gasteiger partial charge on any atom is -0.445 e. The van der Waals surface area contributed by atoms with Crippen molar-refractivity contribution in [1.82, 2.24) is 4.90 Å². The maximum atomic E-state index is 13.5. The van der Waals surface area contributed by atoms with Crippen molar-refractivity contribution in [2.24, 2.45) is 40.9 Å². The zero-order valence-electron chi connectivity index (χ0n) is 26.6. The fraction of sp³-hybridized carbons (Fsp3) is 0.757. The number of piperidine rings is 1. The minimum atomic E-state index is -0.176. The molecule has 1 aromatic carbocycles. The van der Waals surface area contributed by atoms with E-state index in [0.717, 1.165) is 55.0 Å². The van der Waals surface area contributed by atoms with Crippen LogP contribution in [0.2, 0.25) is 0 Å². The summed E-state index contributed by atoms with van der Waals surface area (Å²) in [5, 5.41) is 0. The van der Waals surface area contributed by atoms with Crippen molar-refractivity contribution in [3.63, 3.8) is 0 Å². The smallest absolute Gasteiger partial charge is 0.410 e. The monoisotopic (exact) mass is 575 g/mol. The SMILES string of the molecule is CO[C@@H]1CCC2(C)[C@H](CC[C@H]3[C@@H]4CC[C@@]5(CC(C)=C4C[C@@H]32)O[C@@H]2C[C@H](C)CN(C(=O)OCc3ccccc3)[C@H]2[C@H]5C)C1. The molecule has 230 valence electrons. The predicted octanol–water partition coefficient (Wildman–Crippen LogP) is 8.18. The lowest BCUT2D eigenvalue weighted by atomic mass is 9.52. The van der Waals surface area contributed by atoms with Crippen LogP contribution in [0.25, 0.3) is 0 Å². The molecule has 1 aromatic rings. The van der Waals surface area contributed by atoms with Gasteiger partial charge in [0.25, 0.3) is 0 Å². The van der Waals surface area contributed by atoms with E-state index < -0.39 is 0 Å². The van der Waals surface area contributed by atoms with Crippen LogP contribution in [-0.2, 0) is 20.8 Å². The molecule has 5 fully saturated rings. The average molecular weight is 576 g/mol. The molecule has 0 radical (unpaired) electrons. The second-order valence-electron chi connectivity index (χ2n) is 15.5. The third-order valence-electron chi connectivity index (χ3n) is 13.5. The Morgan fingerprint density at radius 1 is 1.07 bits per heavy atom. The van der Waals surface area contributed by atoms with E-state index in [1.54, 1.807) is 11.1 Å². The average Bonchev–Trinajstić information content (AvgIpc) is 3.45. The van der Waals surface area contributed by atoms with E-state index in [1.165, 1.54) is 44.9 Å². The topological polar surface area (TPSA) is 48.0 Å². The van der Waals surface area contributed by atoms with Gasteiger partial charge in [0.2, 0.25) is 0 Å². The summed E-state index contributed by atoms with van der Waals surface area (Å²) in [6, 6.07) is 10.1. The molecule has 5 heteroatoms. The minimum absolute atomic E-state index is 0.0956. The second-order valence-corrected chi connectivity index (χ2v) is 15.5. The molecule has 0 bridgehead atoms. The number of hydrogen-bond donors (Lipinski definition) is 0. The number of fused-ring (bicyclic) bond motifs is 6. The summed E-state index contributed by atoms with van der Waals surface area (Å²) in [4.78, 5) is 15.6. The lowest BCUT2D eigenvalue weighted by Crippen LogP contribution is -2.54. The fourth-order valence-corrected chi connectivity index (χ4v) is 11.2. The van der Waals surface area contributed by atoms with Crippen LogP contribution >= 0.6 is 0 Å². The normalized spacial score (nSPS) is 44.7. The Morgan fingerprint density at radius 3 is 2.67 bits per heavy atom. The molecule has 3 saturated carbocycles. The third-order valence-corrected chi connectivity index (χ3v) is 13.5. The van der Waals surface area contributed by atoms with Crippen molar-refractivity contribution in [3.8, 4) is 0 Å². The van der Waals surface area contributed by atoms with Gasteiger partial charge >= 0.3 is 6.09 Å². The molecule has 1 unspecified atom stereocenters. The highest BCUT2D eigenvalue weighted by Gasteiger charge is 2.61. The van der Waals surface area contributed by atoms with Gasteiger partial charge in [0.15, 0.2) is 0 Å². The predicted molar refractivity (Wildman–Crippen MR) is 165 cm³/mol. The number of rotatable bonds is 3. The van der Waals surface area contributed by atoms with Crippen LogP contribution in [0, 0.1) is 40.9 Å². The lowest BCUT2D eigenvalue weighted by Gasteiger charge is -2.54. The Balaban J connectivity index is 1.10. The Labute approximate surface area is 253 Å². The van der Waals surface area contributed by atoms with Crippen LogP contribution in [-0.4, -0.2) is 48.5 Å². The van der Waals surface area contributed by atoms with E-state index in [9.17, 15) is 4.79 Å². The van der Waals surface area contributed by atoms with Crippen LogP contribution in [0.4, 0.5) is 4.79 Å². The number of carbonyl (C=O) groups is 1. The van der Waals surface area contributed by atoms with E-state index in [2.05, 4.69) is 27.7 Å². The molecule has 1 spiro atoms. The summed E-state index contributed by atoms with van der Waals surface area (Å²) in [7, 11) is 1.91. The van der Waals surface area contributed by atoms with Crippen molar-refractivity contribution in [2.75, 3.05) is 13.7 Å². The molecule has 4 aliphatic carbocycles. The molecule has 2 saturated heterocycles. The first-order valence-corrected chi connectivity index (χ1v) is 17.1. The highest BCUT2D eigenvalue weighted by Crippen LogP contribution is 2.65. The summed E-state index contributed by atoms with van der Waals surface area (Å²) in [6.07, 6.45) is 12.7. The van der Waals surface area contributed by atoms with Crippen LogP contribution in [0.3, 0.4) is 0 Å². The largest absolute Gasteiger partial charge is 0.445 e. The van der Waals surface area contributed by atoms with Gasteiger partial charge in [-0.05, 0) is 112 Å². The van der Waals surface area contributed by atoms with Crippen molar-refractivity contribution < 1.29 is 19.0 Å². The van der Waals surface area contributed by atoms with Crippen LogP contribution in [0.1, 0.15) is 97.5 Å². The Hall–Kier alpha value is -1.85. The summed E-state index contributed by atoms with van der Waals surface area (Å²) >= 11 is 0. The summed E-state index contributed by atoms with van der Waals surface area (Å²) < 4.78 is 18.9. The molecular formula is C37H53NO4.